The van der Waals surface area contributed by atoms with Crippen LogP contribution in [0.2, 0.25) is 0 Å². The Morgan fingerprint density at radius 2 is 1.96 bits per heavy atom. The largest absolute Gasteiger partial charge is 0.493 e. The van der Waals surface area contributed by atoms with Crippen molar-refractivity contribution >= 4 is 28.6 Å². The van der Waals surface area contributed by atoms with Gasteiger partial charge >= 0.3 is 0 Å². The quantitative estimate of drug-likeness (QED) is 0.644. The van der Waals surface area contributed by atoms with Crippen LogP contribution in [0.15, 0.2) is 47.8 Å². The molecule has 0 aliphatic heterocycles. The van der Waals surface area contributed by atoms with E-state index in [-0.39, 0.29) is 5.91 Å². The molecule has 2 aromatic heterocycles. The Bertz CT molecular complexity index is 874. The number of thiophene rings is 2. The molecule has 26 heavy (non-hydrogen) atoms. The van der Waals surface area contributed by atoms with Crippen LogP contribution in [0, 0.1) is 0 Å². The summed E-state index contributed by atoms with van der Waals surface area (Å²) in [4.78, 5) is 15.2. The van der Waals surface area contributed by atoms with Crippen molar-refractivity contribution in [3.05, 3.63) is 68.0 Å². The molecular weight excluding hydrogens is 370 g/mol. The lowest BCUT2D eigenvalue weighted by Gasteiger charge is -2.12. The van der Waals surface area contributed by atoms with Crippen molar-refractivity contribution in [3.63, 3.8) is 0 Å². The van der Waals surface area contributed by atoms with E-state index < -0.39 is 6.10 Å². The van der Waals surface area contributed by atoms with Gasteiger partial charge in [0.1, 0.15) is 6.10 Å². The third-order valence-corrected chi connectivity index (χ3v) is 5.90. The summed E-state index contributed by atoms with van der Waals surface area (Å²) in [5, 5.41) is 15.2. The monoisotopic (exact) mass is 389 g/mol. The van der Waals surface area contributed by atoms with E-state index in [1.165, 1.54) is 36.9 Å². The first-order chi connectivity index (χ1) is 12.6. The van der Waals surface area contributed by atoms with Gasteiger partial charge in [0.25, 0.3) is 5.91 Å². The van der Waals surface area contributed by atoms with E-state index in [9.17, 15) is 9.90 Å². The average molecular weight is 389 g/mol. The molecular formula is C19H19NO4S2. The minimum absolute atomic E-state index is 0.241. The van der Waals surface area contributed by atoms with Crippen LogP contribution in [-0.2, 0) is 6.54 Å². The van der Waals surface area contributed by atoms with E-state index in [0.717, 1.165) is 14.6 Å². The van der Waals surface area contributed by atoms with Gasteiger partial charge in [-0.2, -0.15) is 0 Å². The maximum Gasteiger partial charge on any atom is 0.255 e. The lowest BCUT2D eigenvalue weighted by Crippen LogP contribution is -2.23. The van der Waals surface area contributed by atoms with Crippen molar-refractivity contribution in [3.8, 4) is 11.5 Å². The smallest absolute Gasteiger partial charge is 0.255 e. The van der Waals surface area contributed by atoms with Crippen molar-refractivity contribution in [2.75, 3.05) is 14.2 Å². The van der Waals surface area contributed by atoms with Gasteiger partial charge in [-0.25, -0.2) is 0 Å². The third-order valence-electron chi connectivity index (χ3n) is 3.84. The van der Waals surface area contributed by atoms with Crippen molar-refractivity contribution in [1.29, 1.82) is 0 Å². The van der Waals surface area contributed by atoms with Crippen LogP contribution >= 0.6 is 22.7 Å². The fourth-order valence-corrected chi connectivity index (χ4v) is 4.31. The van der Waals surface area contributed by atoms with Crippen LogP contribution in [0.1, 0.15) is 31.1 Å². The molecule has 3 aromatic rings. The van der Waals surface area contributed by atoms with E-state index in [1.807, 2.05) is 29.6 Å². The molecule has 0 aliphatic carbocycles. The Kier molecular flexibility index (Phi) is 5.92. The zero-order chi connectivity index (χ0) is 18.5. The normalized spacial score (nSPS) is 11.8. The number of carbonyl (C=O) groups excluding carboxylic acids is 1. The zero-order valence-corrected chi connectivity index (χ0v) is 16.0. The van der Waals surface area contributed by atoms with Gasteiger partial charge in [0.2, 0.25) is 0 Å². The predicted octanol–water partition coefficient (Wildman–Crippen LogP) is 3.84. The number of hydrogen-bond donors (Lipinski definition) is 2. The van der Waals surface area contributed by atoms with Crippen LogP contribution in [0.5, 0.6) is 11.5 Å². The maximum absolute atomic E-state index is 12.5. The van der Waals surface area contributed by atoms with Crippen LogP contribution in [0.3, 0.4) is 0 Å². The highest BCUT2D eigenvalue weighted by atomic mass is 32.1. The summed E-state index contributed by atoms with van der Waals surface area (Å²) in [5.74, 6) is 0.680. The second-order valence-corrected chi connectivity index (χ2v) is 7.62. The summed E-state index contributed by atoms with van der Waals surface area (Å²) in [5.41, 5.74) is 0.419. The molecule has 1 aromatic carbocycles. The lowest BCUT2D eigenvalue weighted by atomic mass is 10.1. The molecule has 0 saturated heterocycles. The van der Waals surface area contributed by atoms with Crippen LogP contribution in [-0.4, -0.2) is 25.2 Å². The number of para-hydroxylation sites is 1. The van der Waals surface area contributed by atoms with Crippen LogP contribution in [0.25, 0.3) is 0 Å². The molecule has 0 saturated carbocycles. The first-order valence-electron chi connectivity index (χ1n) is 7.93. The number of aliphatic hydroxyl groups is 1. The van der Waals surface area contributed by atoms with E-state index in [4.69, 9.17) is 9.47 Å². The number of carbonyl (C=O) groups is 1. The van der Waals surface area contributed by atoms with Crippen LogP contribution < -0.4 is 14.8 Å². The fraction of sp³-hybridized carbons (Fsp3) is 0.211. The Morgan fingerprint density at radius 1 is 1.12 bits per heavy atom. The molecule has 0 radical (unpaired) electrons. The van der Waals surface area contributed by atoms with E-state index in [0.29, 0.717) is 23.6 Å². The molecule has 0 spiro atoms. The topological polar surface area (TPSA) is 67.8 Å². The predicted molar refractivity (Wildman–Crippen MR) is 103 cm³/mol. The molecule has 2 heterocycles. The first kappa shape index (κ1) is 18.4. The van der Waals surface area contributed by atoms with Crippen molar-refractivity contribution in [1.82, 2.24) is 5.32 Å². The first-order valence-corrected chi connectivity index (χ1v) is 9.63. The lowest BCUT2D eigenvalue weighted by molar-refractivity contribution is 0.0947. The fourth-order valence-electron chi connectivity index (χ4n) is 2.55. The number of aliphatic hydroxyl groups excluding tert-OH is 1. The molecule has 5 nitrogen and oxygen atoms in total. The standard InChI is InChI=1S/C19H19NO4S2/c1-23-14-6-3-5-13(18(14)24-2)19(22)20-11-12-8-9-16(26-12)17(21)15-7-4-10-25-15/h3-10,17,21H,11H2,1-2H3,(H,20,22)/t17-/m0/s1. The second-order valence-electron chi connectivity index (χ2n) is 5.45. The third kappa shape index (κ3) is 3.90. The van der Waals surface area contributed by atoms with Gasteiger partial charge < -0.3 is 19.9 Å². The summed E-state index contributed by atoms with van der Waals surface area (Å²) in [6.07, 6.45) is -0.622. The second kappa shape index (κ2) is 8.35. The Labute approximate surface area is 159 Å². The Hall–Kier alpha value is -2.35. The number of ether oxygens (including phenoxy) is 2. The minimum atomic E-state index is -0.622. The van der Waals surface area contributed by atoms with Crippen LogP contribution in [0.4, 0.5) is 0 Å². The van der Waals surface area contributed by atoms with Gasteiger partial charge in [-0.15, -0.1) is 22.7 Å². The highest BCUT2D eigenvalue weighted by molar-refractivity contribution is 7.12. The number of rotatable bonds is 7. The zero-order valence-electron chi connectivity index (χ0n) is 14.4. The summed E-state index contributed by atoms with van der Waals surface area (Å²) in [7, 11) is 3.04. The molecule has 1 amide bonds. The van der Waals surface area contributed by atoms with E-state index >= 15 is 0 Å². The summed E-state index contributed by atoms with van der Waals surface area (Å²) >= 11 is 3.00. The van der Waals surface area contributed by atoms with Gasteiger partial charge in [0.15, 0.2) is 11.5 Å². The number of amides is 1. The molecule has 0 fully saturated rings. The molecule has 2 N–H and O–H groups in total. The molecule has 7 heteroatoms. The molecule has 0 unspecified atom stereocenters. The Morgan fingerprint density at radius 3 is 2.65 bits per heavy atom. The molecule has 3 rings (SSSR count). The number of hydrogen-bond acceptors (Lipinski definition) is 6. The number of methoxy groups -OCH3 is 2. The molecule has 0 bridgehead atoms. The summed E-state index contributed by atoms with van der Waals surface area (Å²) in [6, 6.07) is 12.8. The summed E-state index contributed by atoms with van der Waals surface area (Å²) < 4.78 is 10.5. The SMILES string of the molecule is COc1cccc(C(=O)NCc2ccc([C@@H](O)c3cccs3)s2)c1OC. The van der Waals surface area contributed by atoms with Gasteiger partial charge in [-0.1, -0.05) is 12.1 Å². The van der Waals surface area contributed by atoms with Crippen molar-refractivity contribution in [2.45, 2.75) is 12.6 Å². The van der Waals surface area contributed by atoms with Crippen molar-refractivity contribution < 1.29 is 19.4 Å². The molecule has 0 aliphatic rings. The highest BCUT2D eigenvalue weighted by Crippen LogP contribution is 2.32. The van der Waals surface area contributed by atoms with Gasteiger partial charge in [-0.3, -0.25) is 4.79 Å². The number of benzene rings is 1. The number of nitrogens with one attached hydrogen (secondary N) is 1. The Balaban J connectivity index is 1.67. The van der Waals surface area contributed by atoms with E-state index in [2.05, 4.69) is 5.32 Å². The van der Waals surface area contributed by atoms with E-state index in [1.54, 1.807) is 18.2 Å². The molecule has 136 valence electrons. The van der Waals surface area contributed by atoms with Gasteiger partial charge in [0, 0.05) is 14.6 Å². The van der Waals surface area contributed by atoms with Gasteiger partial charge in [-0.05, 0) is 35.7 Å². The summed E-state index contributed by atoms with van der Waals surface area (Å²) in [6.45, 7) is 0.376. The average Bonchev–Trinajstić information content (AvgIpc) is 3.36. The maximum atomic E-state index is 12.5. The highest BCUT2D eigenvalue weighted by Gasteiger charge is 2.17. The van der Waals surface area contributed by atoms with Gasteiger partial charge in [0.05, 0.1) is 26.3 Å². The minimum Gasteiger partial charge on any atom is -0.493 e. The molecule has 1 atom stereocenters. The van der Waals surface area contributed by atoms with Crippen molar-refractivity contribution in [2.24, 2.45) is 0 Å².